The summed E-state index contributed by atoms with van der Waals surface area (Å²) in [6.45, 7) is 0. The largest absolute Gasteiger partial charge is 0.478 e. The lowest BCUT2D eigenvalue weighted by atomic mass is 9.84. The van der Waals surface area contributed by atoms with E-state index in [-0.39, 0.29) is 42.3 Å². The summed E-state index contributed by atoms with van der Waals surface area (Å²) in [5.74, 6) is -5.57. The monoisotopic (exact) mass is 293 g/mol. The second-order valence-corrected chi connectivity index (χ2v) is 4.99. The predicted molar refractivity (Wildman–Crippen MR) is 62.3 cm³/mol. The number of carboxylic acid groups (broad SMARTS) is 1. The van der Waals surface area contributed by atoms with Crippen molar-refractivity contribution in [2.75, 3.05) is 0 Å². The fourth-order valence-corrected chi connectivity index (χ4v) is 2.65. The smallest absolute Gasteiger partial charge is 0.340 e. The molecule has 1 saturated carbocycles. The number of carbonyl (C=O) groups is 1. The topological polar surface area (TPSA) is 50.2 Å². The first kappa shape index (κ1) is 14.1. The molecule has 104 valence electrons. The molecule has 2 rings (SSSR count). The Hall–Kier alpha value is -1.30. The van der Waals surface area contributed by atoms with E-state index in [1.165, 1.54) is 0 Å². The highest BCUT2D eigenvalue weighted by Crippen LogP contribution is 2.42. The SMILES string of the molecule is O=C(O)c1c(F)cnc(C2CCC(F)(F)CC2)c1Cl. The van der Waals surface area contributed by atoms with Crippen LogP contribution in [0.3, 0.4) is 0 Å². The van der Waals surface area contributed by atoms with Crippen molar-refractivity contribution in [2.45, 2.75) is 37.5 Å². The van der Waals surface area contributed by atoms with Crippen LogP contribution >= 0.6 is 11.6 Å². The number of rotatable bonds is 2. The van der Waals surface area contributed by atoms with Gasteiger partial charge in [0.1, 0.15) is 5.56 Å². The molecule has 1 heterocycles. The first-order valence-electron chi connectivity index (χ1n) is 5.77. The summed E-state index contributed by atoms with van der Waals surface area (Å²) in [6, 6.07) is 0. The molecule has 1 aromatic heterocycles. The highest BCUT2D eigenvalue weighted by Gasteiger charge is 2.37. The Morgan fingerprint density at radius 3 is 2.53 bits per heavy atom. The van der Waals surface area contributed by atoms with Crippen molar-refractivity contribution in [1.82, 2.24) is 4.98 Å². The third-order valence-corrected chi connectivity index (χ3v) is 3.70. The standard InChI is InChI=1S/C12H11ClF3NO2/c13-9-8(11(18)19)7(14)5-17-10(9)6-1-3-12(15,16)4-2-6/h5-6H,1-4H2,(H,18,19). The van der Waals surface area contributed by atoms with Crippen molar-refractivity contribution in [3.8, 4) is 0 Å². The molecule has 0 spiro atoms. The van der Waals surface area contributed by atoms with Crippen LogP contribution in [0.5, 0.6) is 0 Å². The summed E-state index contributed by atoms with van der Waals surface area (Å²) >= 11 is 5.84. The molecule has 7 heteroatoms. The summed E-state index contributed by atoms with van der Waals surface area (Å²) < 4.78 is 39.4. The van der Waals surface area contributed by atoms with Gasteiger partial charge >= 0.3 is 5.97 Å². The van der Waals surface area contributed by atoms with Gasteiger partial charge in [0.25, 0.3) is 0 Å². The second kappa shape index (κ2) is 5.00. The van der Waals surface area contributed by atoms with E-state index in [0.717, 1.165) is 6.20 Å². The van der Waals surface area contributed by atoms with Crippen LogP contribution < -0.4 is 0 Å². The lowest BCUT2D eigenvalue weighted by Gasteiger charge is -2.28. The Labute approximate surface area is 112 Å². The molecule has 0 saturated heterocycles. The van der Waals surface area contributed by atoms with E-state index in [0.29, 0.717) is 0 Å². The minimum Gasteiger partial charge on any atom is -0.478 e. The molecule has 0 aromatic carbocycles. The normalized spacial score (nSPS) is 19.4. The Balaban J connectivity index is 2.32. The van der Waals surface area contributed by atoms with Gasteiger partial charge in [0, 0.05) is 18.8 Å². The molecule has 0 bridgehead atoms. The van der Waals surface area contributed by atoms with Crippen molar-refractivity contribution >= 4 is 17.6 Å². The maximum atomic E-state index is 13.3. The van der Waals surface area contributed by atoms with Crippen molar-refractivity contribution in [3.63, 3.8) is 0 Å². The zero-order valence-electron chi connectivity index (χ0n) is 9.80. The van der Waals surface area contributed by atoms with Gasteiger partial charge in [-0.15, -0.1) is 0 Å². The molecule has 0 atom stereocenters. The number of nitrogens with zero attached hydrogens (tertiary/aromatic N) is 1. The Morgan fingerprint density at radius 1 is 1.42 bits per heavy atom. The van der Waals surface area contributed by atoms with Gasteiger partial charge in [0.05, 0.1) is 16.9 Å². The Kier molecular flexibility index (Phi) is 3.71. The second-order valence-electron chi connectivity index (χ2n) is 4.62. The lowest BCUT2D eigenvalue weighted by Crippen LogP contribution is -2.24. The number of pyridine rings is 1. The first-order chi connectivity index (χ1) is 8.82. The van der Waals surface area contributed by atoms with Crippen LogP contribution in [0.25, 0.3) is 0 Å². The number of aromatic carboxylic acids is 1. The molecule has 1 N–H and O–H groups in total. The minimum atomic E-state index is -2.70. The zero-order chi connectivity index (χ0) is 14.2. The summed E-state index contributed by atoms with van der Waals surface area (Å²) in [7, 11) is 0. The lowest BCUT2D eigenvalue weighted by molar-refractivity contribution is -0.0385. The van der Waals surface area contributed by atoms with E-state index in [1.807, 2.05) is 0 Å². The molecule has 0 aliphatic heterocycles. The van der Waals surface area contributed by atoms with Crippen molar-refractivity contribution in [3.05, 3.63) is 28.3 Å². The fourth-order valence-electron chi connectivity index (χ4n) is 2.27. The number of hydrogen-bond donors (Lipinski definition) is 1. The number of alkyl halides is 2. The van der Waals surface area contributed by atoms with E-state index in [2.05, 4.69) is 4.98 Å². The van der Waals surface area contributed by atoms with Gasteiger partial charge in [-0.25, -0.2) is 18.0 Å². The first-order valence-corrected chi connectivity index (χ1v) is 6.14. The maximum Gasteiger partial charge on any atom is 0.340 e. The van der Waals surface area contributed by atoms with Gasteiger partial charge in [-0.3, -0.25) is 4.98 Å². The van der Waals surface area contributed by atoms with Gasteiger partial charge in [-0.1, -0.05) is 11.6 Å². The van der Waals surface area contributed by atoms with Crippen LogP contribution in [0, 0.1) is 5.82 Å². The van der Waals surface area contributed by atoms with Crippen LogP contribution in [0.15, 0.2) is 6.20 Å². The number of carboxylic acids is 1. The van der Waals surface area contributed by atoms with Gasteiger partial charge in [0.15, 0.2) is 5.82 Å². The molecular weight excluding hydrogens is 283 g/mol. The molecule has 1 fully saturated rings. The van der Waals surface area contributed by atoms with Crippen LogP contribution in [0.2, 0.25) is 5.02 Å². The maximum absolute atomic E-state index is 13.3. The number of halogens is 4. The van der Waals surface area contributed by atoms with Crippen LogP contribution in [0.1, 0.15) is 47.7 Å². The third-order valence-electron chi connectivity index (χ3n) is 3.32. The van der Waals surface area contributed by atoms with Gasteiger partial charge in [0.2, 0.25) is 5.92 Å². The number of hydrogen-bond acceptors (Lipinski definition) is 2. The van der Waals surface area contributed by atoms with E-state index in [9.17, 15) is 18.0 Å². The Bertz CT molecular complexity index is 512. The van der Waals surface area contributed by atoms with Gasteiger partial charge in [-0.05, 0) is 12.8 Å². The molecule has 3 nitrogen and oxygen atoms in total. The highest BCUT2D eigenvalue weighted by atomic mass is 35.5. The van der Waals surface area contributed by atoms with E-state index < -0.39 is 23.3 Å². The zero-order valence-corrected chi connectivity index (χ0v) is 10.6. The van der Waals surface area contributed by atoms with E-state index >= 15 is 0 Å². The quantitative estimate of drug-likeness (QED) is 0.900. The summed E-state index contributed by atoms with van der Waals surface area (Å²) in [5.41, 5.74) is -0.458. The fraction of sp³-hybridized carbons (Fsp3) is 0.500. The predicted octanol–water partition coefficient (Wildman–Crippen LogP) is 3.87. The Morgan fingerprint density at radius 2 is 2.00 bits per heavy atom. The summed E-state index contributed by atoms with van der Waals surface area (Å²) in [5, 5.41) is 8.59. The van der Waals surface area contributed by atoms with Crippen molar-refractivity contribution < 1.29 is 23.1 Å². The molecule has 0 unspecified atom stereocenters. The molecule has 1 aromatic rings. The van der Waals surface area contributed by atoms with Crippen LogP contribution in [-0.4, -0.2) is 22.0 Å². The molecule has 0 amide bonds. The van der Waals surface area contributed by atoms with Crippen LogP contribution in [-0.2, 0) is 0 Å². The molecule has 1 aliphatic carbocycles. The average Bonchev–Trinajstić information content (AvgIpc) is 2.30. The molecule has 0 radical (unpaired) electrons. The van der Waals surface area contributed by atoms with Crippen molar-refractivity contribution in [1.29, 1.82) is 0 Å². The highest BCUT2D eigenvalue weighted by molar-refractivity contribution is 6.34. The summed E-state index contributed by atoms with van der Waals surface area (Å²) in [4.78, 5) is 14.7. The average molecular weight is 294 g/mol. The van der Waals surface area contributed by atoms with Gasteiger partial charge < -0.3 is 5.11 Å². The minimum absolute atomic E-state index is 0.157. The van der Waals surface area contributed by atoms with Gasteiger partial charge in [-0.2, -0.15) is 0 Å². The van der Waals surface area contributed by atoms with E-state index in [1.54, 1.807) is 0 Å². The molecule has 1 aliphatic rings. The van der Waals surface area contributed by atoms with Crippen LogP contribution in [0.4, 0.5) is 13.2 Å². The third kappa shape index (κ3) is 2.83. The van der Waals surface area contributed by atoms with E-state index in [4.69, 9.17) is 16.7 Å². The summed E-state index contributed by atoms with van der Waals surface area (Å²) in [6.07, 6.45) is 0.497. The molecule has 19 heavy (non-hydrogen) atoms. The van der Waals surface area contributed by atoms with Crippen molar-refractivity contribution in [2.24, 2.45) is 0 Å². The molecular formula is C12H11ClF3NO2. The number of aromatic nitrogens is 1.